The lowest BCUT2D eigenvalue weighted by Gasteiger charge is -2.40. The zero-order chi connectivity index (χ0) is 16.9. The molecule has 0 aromatic heterocycles. The predicted octanol–water partition coefficient (Wildman–Crippen LogP) is 3.94. The smallest absolute Gasteiger partial charge is 0.224 e. The highest BCUT2D eigenvalue weighted by Crippen LogP contribution is 2.55. The van der Waals surface area contributed by atoms with Crippen molar-refractivity contribution in [3.05, 3.63) is 59.7 Å². The Kier molecular flexibility index (Phi) is 3.14. The van der Waals surface area contributed by atoms with Gasteiger partial charge in [-0.3, -0.25) is 0 Å². The van der Waals surface area contributed by atoms with E-state index in [9.17, 15) is 0 Å². The number of hydrogen-bond acceptors (Lipinski definition) is 4. The third kappa shape index (κ3) is 1.83. The third-order valence-corrected chi connectivity index (χ3v) is 5.59. The van der Waals surface area contributed by atoms with Crippen molar-refractivity contribution in [2.75, 3.05) is 19.1 Å². The van der Waals surface area contributed by atoms with E-state index >= 15 is 0 Å². The van der Waals surface area contributed by atoms with Gasteiger partial charge in [0.05, 0.1) is 24.7 Å². The van der Waals surface area contributed by atoms with Gasteiger partial charge in [-0.15, -0.1) is 0 Å². The largest absolute Gasteiger partial charge is 0.497 e. The number of para-hydroxylation sites is 1. The van der Waals surface area contributed by atoms with Crippen LogP contribution in [0.1, 0.15) is 31.4 Å². The van der Waals surface area contributed by atoms with E-state index in [0.717, 1.165) is 23.4 Å². The molecule has 1 spiro atoms. The van der Waals surface area contributed by atoms with Crippen molar-refractivity contribution in [1.29, 1.82) is 0 Å². The highest BCUT2D eigenvalue weighted by molar-refractivity contribution is 6.02. The Morgan fingerprint density at radius 1 is 1.08 bits per heavy atom. The summed E-state index contributed by atoms with van der Waals surface area (Å²) in [5.74, 6) is 0.846. The molecular weight excluding hydrogens is 300 g/mol. The molecular formula is C20H22N2O2. The lowest BCUT2D eigenvalue weighted by Crippen LogP contribution is -2.54. The predicted molar refractivity (Wildman–Crippen MR) is 95.8 cm³/mol. The van der Waals surface area contributed by atoms with E-state index in [2.05, 4.69) is 55.2 Å². The van der Waals surface area contributed by atoms with Crippen LogP contribution < -0.4 is 9.64 Å². The van der Waals surface area contributed by atoms with E-state index in [1.165, 1.54) is 11.3 Å². The quantitative estimate of drug-likeness (QED) is 0.840. The molecule has 0 fully saturated rings. The summed E-state index contributed by atoms with van der Waals surface area (Å²) in [7, 11) is 3.77. The summed E-state index contributed by atoms with van der Waals surface area (Å²) < 4.78 is 5.24. The van der Waals surface area contributed by atoms with Crippen LogP contribution in [0.4, 0.5) is 5.69 Å². The summed E-state index contributed by atoms with van der Waals surface area (Å²) in [4.78, 5) is 8.36. The fourth-order valence-corrected chi connectivity index (χ4v) is 3.99. The Morgan fingerprint density at radius 3 is 2.46 bits per heavy atom. The van der Waals surface area contributed by atoms with Gasteiger partial charge >= 0.3 is 0 Å². The molecule has 2 aromatic carbocycles. The van der Waals surface area contributed by atoms with Crippen molar-refractivity contribution in [2.45, 2.75) is 31.4 Å². The minimum absolute atomic E-state index is 0.157. The van der Waals surface area contributed by atoms with Gasteiger partial charge in [-0.25, -0.2) is 0 Å². The molecule has 4 rings (SSSR count). The minimum atomic E-state index is -0.480. The van der Waals surface area contributed by atoms with Gasteiger partial charge in [0.1, 0.15) is 5.75 Å². The van der Waals surface area contributed by atoms with Crippen LogP contribution in [-0.4, -0.2) is 25.6 Å². The summed E-state index contributed by atoms with van der Waals surface area (Å²) in [6.07, 6.45) is 0.748. The second-order valence-corrected chi connectivity index (χ2v) is 7.02. The van der Waals surface area contributed by atoms with Crippen LogP contribution in [0.15, 0.2) is 53.7 Å². The number of nitrogens with zero attached hydrogens (tertiary/aromatic N) is 2. The molecule has 0 aliphatic carbocycles. The first kappa shape index (κ1) is 15.1. The van der Waals surface area contributed by atoms with Gasteiger partial charge in [0, 0.05) is 12.7 Å². The van der Waals surface area contributed by atoms with Gasteiger partial charge in [-0.05, 0) is 55.3 Å². The topological polar surface area (TPSA) is 34.1 Å². The molecule has 1 unspecified atom stereocenters. The van der Waals surface area contributed by atoms with Crippen molar-refractivity contribution in [3.8, 4) is 5.75 Å². The lowest BCUT2D eigenvalue weighted by atomic mass is 9.75. The highest BCUT2D eigenvalue weighted by Gasteiger charge is 2.61. The molecule has 24 heavy (non-hydrogen) atoms. The molecule has 0 bridgehead atoms. The molecule has 2 heterocycles. The summed E-state index contributed by atoms with van der Waals surface area (Å²) in [6, 6.07) is 16.5. The number of oxime groups is 1. The third-order valence-electron chi connectivity index (χ3n) is 5.59. The number of benzene rings is 2. The maximum absolute atomic E-state index is 6.12. The Morgan fingerprint density at radius 2 is 1.79 bits per heavy atom. The van der Waals surface area contributed by atoms with Gasteiger partial charge in [-0.2, -0.15) is 0 Å². The van der Waals surface area contributed by atoms with Gasteiger partial charge in [0.25, 0.3) is 0 Å². The molecule has 0 amide bonds. The summed E-state index contributed by atoms with van der Waals surface area (Å²) in [6.45, 7) is 4.48. The first-order valence-corrected chi connectivity index (χ1v) is 8.22. The number of methoxy groups -OCH3 is 1. The fraction of sp³-hybridized carbons (Fsp3) is 0.350. The van der Waals surface area contributed by atoms with Gasteiger partial charge in [0.15, 0.2) is 0 Å². The van der Waals surface area contributed by atoms with Crippen molar-refractivity contribution >= 4 is 11.4 Å². The van der Waals surface area contributed by atoms with Crippen LogP contribution in [-0.2, 0) is 10.3 Å². The summed E-state index contributed by atoms with van der Waals surface area (Å²) >= 11 is 0. The second-order valence-electron chi connectivity index (χ2n) is 7.02. The van der Waals surface area contributed by atoms with E-state index in [0.29, 0.717) is 0 Å². The number of hydrogen-bond donors (Lipinski definition) is 0. The van der Waals surface area contributed by atoms with Crippen LogP contribution in [0.25, 0.3) is 0 Å². The normalized spacial score (nSPS) is 23.8. The van der Waals surface area contributed by atoms with Crippen molar-refractivity contribution in [3.63, 3.8) is 0 Å². The van der Waals surface area contributed by atoms with Crippen LogP contribution in [0.3, 0.4) is 0 Å². The monoisotopic (exact) mass is 322 g/mol. The molecule has 4 nitrogen and oxygen atoms in total. The molecule has 2 aliphatic rings. The maximum atomic E-state index is 6.12. The second kappa shape index (κ2) is 5.00. The highest BCUT2D eigenvalue weighted by atomic mass is 16.7. The molecule has 2 aliphatic heterocycles. The first-order valence-electron chi connectivity index (χ1n) is 8.22. The van der Waals surface area contributed by atoms with E-state index in [4.69, 9.17) is 9.57 Å². The van der Waals surface area contributed by atoms with E-state index in [-0.39, 0.29) is 5.41 Å². The molecule has 0 N–H and O–H groups in total. The number of anilines is 1. The van der Waals surface area contributed by atoms with Crippen LogP contribution >= 0.6 is 0 Å². The maximum Gasteiger partial charge on any atom is 0.224 e. The zero-order valence-electron chi connectivity index (χ0n) is 14.5. The molecule has 4 heteroatoms. The molecule has 0 saturated carbocycles. The number of fused-ring (bicyclic) bond motifs is 1. The van der Waals surface area contributed by atoms with Crippen LogP contribution in [0, 0.1) is 0 Å². The van der Waals surface area contributed by atoms with Gasteiger partial charge < -0.3 is 14.5 Å². The Balaban J connectivity index is 1.69. The van der Waals surface area contributed by atoms with Crippen molar-refractivity contribution in [1.82, 2.24) is 0 Å². The standard InChI is InChI=1S/C20H22N2O2/c1-19(2)16-7-5-6-8-18(16)22(3)20(19)13-17(21-24-20)14-9-11-15(23-4)12-10-14/h5-12H,13H2,1-4H3. The first-order chi connectivity index (χ1) is 11.5. The molecule has 1 atom stereocenters. The van der Waals surface area contributed by atoms with Crippen molar-refractivity contribution in [2.24, 2.45) is 5.16 Å². The average molecular weight is 322 g/mol. The Hall–Kier alpha value is -2.49. The summed E-state index contributed by atoms with van der Waals surface area (Å²) in [5, 5.41) is 4.46. The minimum Gasteiger partial charge on any atom is -0.497 e. The van der Waals surface area contributed by atoms with Gasteiger partial charge in [-0.1, -0.05) is 23.4 Å². The van der Waals surface area contributed by atoms with Crippen LogP contribution in [0.2, 0.25) is 0 Å². The SMILES string of the molecule is COc1ccc(C2=NOC3(C2)N(C)c2ccccc2C3(C)C)cc1. The fourth-order valence-electron chi connectivity index (χ4n) is 3.99. The van der Waals surface area contributed by atoms with E-state index < -0.39 is 5.72 Å². The molecule has 2 aromatic rings. The van der Waals surface area contributed by atoms with Crippen LogP contribution in [0.5, 0.6) is 5.75 Å². The Bertz CT molecular complexity index is 811. The molecule has 0 saturated heterocycles. The molecule has 124 valence electrons. The van der Waals surface area contributed by atoms with E-state index in [1.807, 2.05) is 24.3 Å². The zero-order valence-corrected chi connectivity index (χ0v) is 14.5. The van der Waals surface area contributed by atoms with E-state index in [1.54, 1.807) is 7.11 Å². The number of rotatable bonds is 2. The summed E-state index contributed by atoms with van der Waals surface area (Å²) in [5.41, 5.74) is 3.94. The van der Waals surface area contributed by atoms with Gasteiger partial charge in [0.2, 0.25) is 5.72 Å². The Labute approximate surface area is 142 Å². The average Bonchev–Trinajstić information content (AvgIpc) is 3.13. The lowest BCUT2D eigenvalue weighted by molar-refractivity contribution is -0.0591. The number of likely N-dealkylation sites (N-methyl/N-ethyl adjacent to an activating group) is 1. The number of ether oxygens (including phenoxy) is 1. The molecule has 0 radical (unpaired) electrons. The van der Waals surface area contributed by atoms with Crippen molar-refractivity contribution < 1.29 is 9.57 Å².